The molecule has 0 aromatic heterocycles. The topological polar surface area (TPSA) is 112 Å². The molecule has 0 bridgehead atoms. The molecule has 5 nitrogen and oxygen atoms in total. The molecule has 0 spiro atoms. The smallest absolute Gasteiger partial charge is 0.726 e. The summed E-state index contributed by atoms with van der Waals surface area (Å²) in [6.45, 7) is 0. The van der Waals surface area contributed by atoms with Crippen molar-refractivity contribution in [3.05, 3.63) is 0 Å². The summed E-state index contributed by atoms with van der Waals surface area (Å²) in [5.41, 5.74) is 0. The fraction of sp³-hybridized carbons (Fsp3) is 0. The molecule has 0 heterocycles. The molecule has 0 aliphatic rings. The minimum absolute atomic E-state index is 0. The lowest BCUT2D eigenvalue weighted by Gasteiger charge is -1.88. The Hall–Kier alpha value is -0.170. The molecule has 0 aromatic rings. The summed E-state index contributed by atoms with van der Waals surface area (Å²) in [6, 6.07) is 0. The van der Waals surface area contributed by atoms with Gasteiger partial charge in [0.25, 0.3) is 0 Å². The van der Waals surface area contributed by atoms with Gasteiger partial charge in [0, 0.05) is 0 Å². The molecule has 0 atom stereocenters. The van der Waals surface area contributed by atoms with Crippen molar-refractivity contribution >= 4 is 10.4 Å². The first kappa shape index (κ1) is 9.27. The summed E-state index contributed by atoms with van der Waals surface area (Å²) >= 11 is 0. The quantitative estimate of drug-likeness (QED) is 0.319. The van der Waals surface area contributed by atoms with E-state index >= 15 is 0 Å². The molecule has 0 fully saturated rings. The molecule has 0 amide bonds. The van der Waals surface area contributed by atoms with Gasteiger partial charge in [0.15, 0.2) is 0 Å². The zero-order chi connectivity index (χ0) is 4.50. The van der Waals surface area contributed by atoms with E-state index in [1.165, 1.54) is 0 Å². The van der Waals surface area contributed by atoms with Gasteiger partial charge in [-0.05, 0) is 0 Å². The van der Waals surface area contributed by atoms with E-state index < -0.39 is 10.4 Å². The highest BCUT2D eigenvalue weighted by atomic mass is 32.3. The number of hydrogen-bond acceptors (Lipinski definition) is 4. The van der Waals surface area contributed by atoms with Crippen LogP contribution in [0.2, 0.25) is 0 Å². The van der Waals surface area contributed by atoms with Gasteiger partial charge in [0.1, 0.15) is 0 Å². The molecule has 40 valence electrons. The van der Waals surface area contributed by atoms with Gasteiger partial charge in [-0.1, -0.05) is 0 Å². The third-order valence-electron chi connectivity index (χ3n) is 0. The maximum absolute atomic E-state index is 8.63. The monoisotopic (exact) mass is 115 g/mol. The molecule has 0 radical (unpaired) electrons. The average Bonchev–Trinajstić information content (AvgIpc) is 0.722. The highest BCUT2D eigenvalue weighted by Crippen LogP contribution is 1.58. The van der Waals surface area contributed by atoms with Gasteiger partial charge in [0.2, 0.25) is 10.4 Å². The van der Waals surface area contributed by atoms with Crippen molar-refractivity contribution in [2.45, 2.75) is 0 Å². The van der Waals surface area contributed by atoms with Crippen LogP contribution in [0.25, 0.3) is 0 Å². The predicted molar refractivity (Wildman–Crippen MR) is 18.5 cm³/mol. The van der Waals surface area contributed by atoms with E-state index in [4.69, 9.17) is 17.5 Å². The van der Waals surface area contributed by atoms with Crippen LogP contribution in [-0.4, -0.2) is 17.5 Å². The van der Waals surface area contributed by atoms with E-state index in [1.807, 2.05) is 0 Å². The molecule has 0 aliphatic heterocycles. The van der Waals surface area contributed by atoms with E-state index in [0.29, 0.717) is 0 Å². The van der Waals surface area contributed by atoms with E-state index in [0.717, 1.165) is 0 Å². The SMILES string of the molecule is N.O=S(=O)([O-])O.[H+]. The molecule has 0 rings (SSSR count). The minimum Gasteiger partial charge on any atom is -0.726 e. The summed E-state index contributed by atoms with van der Waals surface area (Å²) in [6.07, 6.45) is 0. The van der Waals surface area contributed by atoms with Crippen LogP contribution >= 0.6 is 0 Å². The normalized spacial score (nSPS) is 9.67. The van der Waals surface area contributed by atoms with E-state index in [-0.39, 0.29) is 7.58 Å². The van der Waals surface area contributed by atoms with Crippen LogP contribution in [0.3, 0.4) is 0 Å². The highest BCUT2D eigenvalue weighted by Gasteiger charge is 1.67. The van der Waals surface area contributed by atoms with Crippen molar-refractivity contribution in [1.29, 1.82) is 0 Å². The molecule has 0 saturated heterocycles. The van der Waals surface area contributed by atoms with Gasteiger partial charge < -0.3 is 10.7 Å². The molecule has 0 aliphatic carbocycles. The Morgan fingerprint density at radius 2 is 1.67 bits per heavy atom. The fourth-order valence-corrected chi connectivity index (χ4v) is 0. The van der Waals surface area contributed by atoms with Crippen LogP contribution in [-0.2, 0) is 10.4 Å². The van der Waals surface area contributed by atoms with Gasteiger partial charge in [0.05, 0.1) is 0 Å². The molecule has 0 unspecified atom stereocenters. The molecule has 0 saturated carbocycles. The van der Waals surface area contributed by atoms with Crippen LogP contribution in [0.1, 0.15) is 1.43 Å². The second-order valence-electron chi connectivity index (χ2n) is 0.428. The zero-order valence-electron chi connectivity index (χ0n) is 3.79. The molecule has 4 N–H and O–H groups in total. The van der Waals surface area contributed by atoms with Crippen molar-refractivity contribution in [2.24, 2.45) is 0 Å². The maximum atomic E-state index is 8.63. The van der Waals surface area contributed by atoms with E-state index in [2.05, 4.69) is 0 Å². The van der Waals surface area contributed by atoms with Crippen LogP contribution in [0.5, 0.6) is 0 Å². The lowest BCUT2D eigenvalue weighted by molar-refractivity contribution is 0.366. The second kappa shape index (κ2) is 2.08. The standard InChI is InChI=1S/H3N.H2O4S/c;1-5(2,3)4/h1H3;(H2,1,2,3,4). The second-order valence-corrected chi connectivity index (χ2v) is 1.28. The summed E-state index contributed by atoms with van der Waals surface area (Å²) in [4.78, 5) is 0. The third kappa shape index (κ3) is 1060. The average molecular weight is 115 g/mol. The largest absolute Gasteiger partial charge is 1.00 e. The Morgan fingerprint density at radius 3 is 1.67 bits per heavy atom. The van der Waals surface area contributed by atoms with Crippen LogP contribution in [0.15, 0.2) is 0 Å². The third-order valence-corrected chi connectivity index (χ3v) is 0. The first-order valence-electron chi connectivity index (χ1n) is 0.683. The lowest BCUT2D eigenvalue weighted by Crippen LogP contribution is -1.90. The Morgan fingerprint density at radius 1 is 1.67 bits per heavy atom. The molecular formula is H5NO4S. The zero-order valence-corrected chi connectivity index (χ0v) is 3.60. The Balaban J connectivity index is -0.0000000800. The van der Waals surface area contributed by atoms with Crippen molar-refractivity contribution in [3.8, 4) is 0 Å². The summed E-state index contributed by atoms with van der Waals surface area (Å²) in [5.74, 6) is 0. The summed E-state index contributed by atoms with van der Waals surface area (Å²) < 4.78 is 32.8. The van der Waals surface area contributed by atoms with Gasteiger partial charge in [-0.25, -0.2) is 8.42 Å². The highest BCUT2D eigenvalue weighted by molar-refractivity contribution is 7.79. The fourth-order valence-electron chi connectivity index (χ4n) is 0. The Labute approximate surface area is 36.6 Å². The summed E-state index contributed by atoms with van der Waals surface area (Å²) in [7, 11) is -4.92. The van der Waals surface area contributed by atoms with Crippen LogP contribution < -0.4 is 6.15 Å². The lowest BCUT2D eigenvalue weighted by atomic mass is 14.0. The van der Waals surface area contributed by atoms with Crippen molar-refractivity contribution in [3.63, 3.8) is 0 Å². The van der Waals surface area contributed by atoms with Gasteiger partial charge in [-0.2, -0.15) is 0 Å². The molecule has 6 heteroatoms. The van der Waals surface area contributed by atoms with Crippen molar-refractivity contribution in [1.82, 2.24) is 6.15 Å². The van der Waals surface area contributed by atoms with E-state index in [9.17, 15) is 0 Å². The Kier molecular flexibility index (Phi) is 3.22. The van der Waals surface area contributed by atoms with Crippen LogP contribution in [0, 0.1) is 0 Å². The van der Waals surface area contributed by atoms with Gasteiger partial charge in [-0.15, -0.1) is 0 Å². The van der Waals surface area contributed by atoms with Crippen molar-refractivity contribution in [2.75, 3.05) is 0 Å². The van der Waals surface area contributed by atoms with Gasteiger partial charge >= 0.3 is 1.43 Å². The summed E-state index contributed by atoms with van der Waals surface area (Å²) in [5, 5.41) is 0. The number of hydrogen-bond donors (Lipinski definition) is 2. The maximum Gasteiger partial charge on any atom is 1.00 e. The first-order chi connectivity index (χ1) is 2.00. The molecular weight excluding hydrogens is 110 g/mol. The minimum atomic E-state index is -4.92. The van der Waals surface area contributed by atoms with E-state index in [1.54, 1.807) is 0 Å². The number of rotatable bonds is 0. The Bertz CT molecular complexity index is 94.9. The van der Waals surface area contributed by atoms with Crippen LogP contribution in [0.4, 0.5) is 0 Å². The first-order valence-corrected chi connectivity index (χ1v) is 2.05. The van der Waals surface area contributed by atoms with Gasteiger partial charge in [-0.3, -0.25) is 4.55 Å². The predicted octanol–water partition coefficient (Wildman–Crippen LogP) is -0.721. The molecule has 6 heavy (non-hydrogen) atoms. The molecule has 0 aromatic carbocycles. The van der Waals surface area contributed by atoms with Crippen molar-refractivity contribution < 1.29 is 18.9 Å².